The van der Waals surface area contributed by atoms with Gasteiger partial charge in [-0.05, 0) is 48.4 Å². The first kappa shape index (κ1) is 20.7. The first-order valence-electron chi connectivity index (χ1n) is 10.4. The number of aryl methyl sites for hydroxylation is 1. The van der Waals surface area contributed by atoms with Gasteiger partial charge in [-0.25, -0.2) is 4.98 Å². The summed E-state index contributed by atoms with van der Waals surface area (Å²) < 4.78 is 10.7. The van der Waals surface area contributed by atoms with Crippen molar-refractivity contribution in [2.24, 2.45) is 0 Å². The number of fused-ring (bicyclic) bond motifs is 1. The van der Waals surface area contributed by atoms with Crippen LogP contribution in [0.3, 0.4) is 0 Å². The fourth-order valence-corrected chi connectivity index (χ4v) is 3.84. The summed E-state index contributed by atoms with van der Waals surface area (Å²) in [6, 6.07) is 15.7. The zero-order valence-corrected chi connectivity index (χ0v) is 18.2. The summed E-state index contributed by atoms with van der Waals surface area (Å²) in [6.45, 7) is 4.91. The minimum Gasteiger partial charge on any atom is -0.497 e. The van der Waals surface area contributed by atoms with E-state index in [1.165, 1.54) is 5.56 Å². The number of piperazine rings is 1. The Morgan fingerprint density at radius 1 is 1.00 bits per heavy atom. The van der Waals surface area contributed by atoms with Crippen LogP contribution in [0.5, 0.6) is 11.5 Å². The van der Waals surface area contributed by atoms with E-state index in [2.05, 4.69) is 24.0 Å². The van der Waals surface area contributed by atoms with Crippen molar-refractivity contribution in [3.8, 4) is 11.5 Å². The van der Waals surface area contributed by atoms with Crippen molar-refractivity contribution in [2.45, 2.75) is 6.92 Å². The SMILES string of the molecule is COc1ccc(/C=C/C(=O)N2CCN(c3cc(C)c4cccc(OC)c4n3)CC2)cc1. The maximum Gasteiger partial charge on any atom is 0.246 e. The predicted molar refractivity (Wildman–Crippen MR) is 124 cm³/mol. The van der Waals surface area contributed by atoms with E-state index in [0.29, 0.717) is 13.1 Å². The van der Waals surface area contributed by atoms with Crippen LogP contribution < -0.4 is 14.4 Å². The second kappa shape index (κ2) is 9.08. The number of benzene rings is 2. The zero-order valence-electron chi connectivity index (χ0n) is 18.2. The average molecular weight is 418 g/mol. The van der Waals surface area contributed by atoms with Gasteiger partial charge in [-0.15, -0.1) is 0 Å². The Labute approximate surface area is 182 Å². The molecule has 1 amide bonds. The number of para-hydroxylation sites is 1. The predicted octanol–water partition coefficient (Wildman–Crippen LogP) is 3.92. The number of aromatic nitrogens is 1. The van der Waals surface area contributed by atoms with E-state index >= 15 is 0 Å². The van der Waals surface area contributed by atoms with Crippen molar-refractivity contribution in [2.75, 3.05) is 45.3 Å². The number of anilines is 1. The molecule has 3 aromatic rings. The van der Waals surface area contributed by atoms with Gasteiger partial charge in [0.2, 0.25) is 5.91 Å². The summed E-state index contributed by atoms with van der Waals surface area (Å²) in [6.07, 6.45) is 3.48. The lowest BCUT2D eigenvalue weighted by molar-refractivity contribution is -0.126. The van der Waals surface area contributed by atoms with E-state index in [1.807, 2.05) is 47.4 Å². The van der Waals surface area contributed by atoms with Crippen molar-refractivity contribution in [1.29, 1.82) is 0 Å². The molecule has 0 bridgehead atoms. The zero-order chi connectivity index (χ0) is 21.8. The van der Waals surface area contributed by atoms with Crippen LogP contribution in [-0.2, 0) is 4.79 Å². The number of hydrogen-bond acceptors (Lipinski definition) is 5. The Balaban J connectivity index is 1.42. The molecule has 2 heterocycles. The van der Waals surface area contributed by atoms with E-state index in [-0.39, 0.29) is 5.91 Å². The van der Waals surface area contributed by atoms with Gasteiger partial charge in [0.05, 0.1) is 14.2 Å². The molecule has 6 heteroatoms. The Kier molecular flexibility index (Phi) is 6.07. The molecule has 1 saturated heterocycles. The molecule has 160 valence electrons. The van der Waals surface area contributed by atoms with Crippen molar-refractivity contribution in [3.05, 3.63) is 65.7 Å². The molecule has 31 heavy (non-hydrogen) atoms. The van der Waals surface area contributed by atoms with Gasteiger partial charge in [0, 0.05) is 37.6 Å². The van der Waals surface area contributed by atoms with Crippen molar-refractivity contribution < 1.29 is 14.3 Å². The summed E-state index contributed by atoms with van der Waals surface area (Å²) in [5.41, 5.74) is 3.01. The number of ether oxygens (including phenoxy) is 2. The summed E-state index contributed by atoms with van der Waals surface area (Å²) >= 11 is 0. The van der Waals surface area contributed by atoms with Crippen LogP contribution in [-0.4, -0.2) is 56.2 Å². The van der Waals surface area contributed by atoms with Crippen molar-refractivity contribution in [1.82, 2.24) is 9.88 Å². The molecule has 0 aliphatic carbocycles. The molecule has 0 atom stereocenters. The molecule has 1 aliphatic rings. The van der Waals surface area contributed by atoms with Crippen LogP contribution in [0.2, 0.25) is 0 Å². The fourth-order valence-electron chi connectivity index (χ4n) is 3.84. The number of rotatable bonds is 5. The van der Waals surface area contributed by atoms with Gasteiger partial charge in [-0.1, -0.05) is 24.3 Å². The molecule has 0 saturated carbocycles. The van der Waals surface area contributed by atoms with Gasteiger partial charge < -0.3 is 19.3 Å². The molecule has 0 N–H and O–H groups in total. The number of carbonyl (C=O) groups is 1. The standard InChI is InChI=1S/C25H27N3O3/c1-18-17-23(26-25-21(18)5-4-6-22(25)31-3)27-13-15-28(16-14-27)24(29)12-9-19-7-10-20(30-2)11-8-19/h4-12,17H,13-16H2,1-3H3/b12-9+. The molecule has 1 aromatic heterocycles. The van der Waals surface area contributed by atoms with Gasteiger partial charge in [-0.3, -0.25) is 4.79 Å². The third kappa shape index (κ3) is 4.48. The molecular formula is C25H27N3O3. The van der Waals surface area contributed by atoms with Gasteiger partial charge in [0.15, 0.2) is 0 Å². The van der Waals surface area contributed by atoms with E-state index < -0.39 is 0 Å². The van der Waals surface area contributed by atoms with E-state index in [0.717, 1.165) is 46.9 Å². The molecular weight excluding hydrogens is 390 g/mol. The fraction of sp³-hybridized carbons (Fsp3) is 0.280. The third-order valence-electron chi connectivity index (χ3n) is 5.67. The number of carbonyl (C=O) groups excluding carboxylic acids is 1. The molecule has 0 radical (unpaired) electrons. The Morgan fingerprint density at radius 3 is 2.42 bits per heavy atom. The smallest absolute Gasteiger partial charge is 0.246 e. The van der Waals surface area contributed by atoms with Crippen molar-refractivity contribution >= 4 is 28.7 Å². The highest BCUT2D eigenvalue weighted by molar-refractivity contribution is 5.92. The van der Waals surface area contributed by atoms with Crippen LogP contribution in [0.1, 0.15) is 11.1 Å². The Hall–Kier alpha value is -3.54. The Bertz CT molecular complexity index is 1100. The van der Waals surface area contributed by atoms with Crippen molar-refractivity contribution in [3.63, 3.8) is 0 Å². The van der Waals surface area contributed by atoms with Gasteiger partial charge >= 0.3 is 0 Å². The molecule has 0 unspecified atom stereocenters. The summed E-state index contributed by atoms with van der Waals surface area (Å²) in [4.78, 5) is 21.6. The topological polar surface area (TPSA) is 54.9 Å². The molecule has 1 aliphatic heterocycles. The number of hydrogen-bond donors (Lipinski definition) is 0. The van der Waals surface area contributed by atoms with Crippen LogP contribution in [0, 0.1) is 6.92 Å². The monoisotopic (exact) mass is 417 g/mol. The second-order valence-electron chi connectivity index (χ2n) is 7.57. The lowest BCUT2D eigenvalue weighted by Gasteiger charge is -2.35. The summed E-state index contributed by atoms with van der Waals surface area (Å²) in [5.74, 6) is 2.53. The minimum absolute atomic E-state index is 0.0276. The number of pyridine rings is 1. The normalized spacial score (nSPS) is 14.3. The Morgan fingerprint density at radius 2 is 1.74 bits per heavy atom. The highest BCUT2D eigenvalue weighted by Gasteiger charge is 2.21. The van der Waals surface area contributed by atoms with Crippen LogP contribution >= 0.6 is 0 Å². The molecule has 1 fully saturated rings. The number of nitrogens with zero attached hydrogens (tertiary/aromatic N) is 3. The molecule has 4 rings (SSSR count). The highest BCUT2D eigenvalue weighted by Crippen LogP contribution is 2.29. The van der Waals surface area contributed by atoms with E-state index in [9.17, 15) is 4.79 Å². The lowest BCUT2D eigenvalue weighted by Crippen LogP contribution is -2.48. The molecule has 0 spiro atoms. The lowest BCUT2D eigenvalue weighted by atomic mass is 10.1. The van der Waals surface area contributed by atoms with E-state index in [4.69, 9.17) is 14.5 Å². The minimum atomic E-state index is 0.0276. The number of methoxy groups -OCH3 is 2. The van der Waals surface area contributed by atoms with Gasteiger partial charge in [0.1, 0.15) is 22.8 Å². The largest absolute Gasteiger partial charge is 0.497 e. The molecule has 6 nitrogen and oxygen atoms in total. The third-order valence-corrected chi connectivity index (χ3v) is 5.67. The van der Waals surface area contributed by atoms with E-state index in [1.54, 1.807) is 20.3 Å². The van der Waals surface area contributed by atoms with Crippen LogP contribution in [0.25, 0.3) is 17.0 Å². The van der Waals surface area contributed by atoms with Crippen LogP contribution in [0.15, 0.2) is 54.6 Å². The number of amides is 1. The molecule has 2 aromatic carbocycles. The second-order valence-corrected chi connectivity index (χ2v) is 7.57. The first-order chi connectivity index (χ1) is 15.1. The first-order valence-corrected chi connectivity index (χ1v) is 10.4. The maximum atomic E-state index is 12.6. The summed E-state index contributed by atoms with van der Waals surface area (Å²) in [7, 11) is 3.31. The van der Waals surface area contributed by atoms with Gasteiger partial charge in [-0.2, -0.15) is 0 Å². The summed E-state index contributed by atoms with van der Waals surface area (Å²) in [5, 5.41) is 1.10. The van der Waals surface area contributed by atoms with Crippen LogP contribution in [0.4, 0.5) is 5.82 Å². The highest BCUT2D eigenvalue weighted by atomic mass is 16.5. The quantitative estimate of drug-likeness (QED) is 0.589. The maximum absolute atomic E-state index is 12.6. The van der Waals surface area contributed by atoms with Gasteiger partial charge in [0.25, 0.3) is 0 Å². The average Bonchev–Trinajstić information content (AvgIpc) is 2.82.